The molecule has 0 saturated carbocycles. The van der Waals surface area contributed by atoms with E-state index in [1.165, 1.54) is 25.9 Å². The summed E-state index contributed by atoms with van der Waals surface area (Å²) in [6.07, 6.45) is 2.80. The summed E-state index contributed by atoms with van der Waals surface area (Å²) in [5.74, 6) is -0.946. The number of carboxylic acid groups (broad SMARTS) is 1. The number of nitrogens with zero attached hydrogens (tertiary/aromatic N) is 1. The van der Waals surface area contributed by atoms with Crippen molar-refractivity contribution in [3.8, 4) is 0 Å². The SMILES string of the molecule is Cc1sc2c(I)c(I)c(I)cc2[n+]1CCCCCC(=O)[O-]. The molecule has 7 heteroatoms. The fourth-order valence-corrected chi connectivity index (χ4v) is 5.88. The third-order valence-corrected chi connectivity index (χ3v) is 9.89. The Morgan fingerprint density at radius 3 is 2.62 bits per heavy atom. The number of aromatic nitrogens is 1. The molecule has 0 N–H and O–H groups in total. The monoisotopic (exact) mass is 641 g/mol. The van der Waals surface area contributed by atoms with Crippen LogP contribution in [0.2, 0.25) is 0 Å². The van der Waals surface area contributed by atoms with E-state index in [2.05, 4.69) is 85.3 Å². The lowest BCUT2D eigenvalue weighted by atomic mass is 10.2. The number of aryl methyl sites for hydroxylation is 2. The number of carbonyl (C=O) groups is 1. The molecule has 0 radical (unpaired) electrons. The van der Waals surface area contributed by atoms with Crippen molar-refractivity contribution >= 4 is 95.3 Å². The van der Waals surface area contributed by atoms with Crippen molar-refractivity contribution in [2.75, 3.05) is 0 Å². The maximum atomic E-state index is 10.4. The molecule has 0 aliphatic carbocycles. The quantitative estimate of drug-likeness (QED) is 0.210. The second-order valence-electron chi connectivity index (χ2n) is 4.79. The predicted molar refractivity (Wildman–Crippen MR) is 108 cm³/mol. The van der Waals surface area contributed by atoms with Crippen LogP contribution in [0.15, 0.2) is 6.07 Å². The Morgan fingerprint density at radius 2 is 1.95 bits per heavy atom. The number of benzene rings is 1. The molecule has 0 bridgehead atoms. The van der Waals surface area contributed by atoms with Crippen molar-refractivity contribution in [3.05, 3.63) is 21.8 Å². The zero-order chi connectivity index (χ0) is 15.6. The van der Waals surface area contributed by atoms with Gasteiger partial charge in [0.05, 0.1) is 3.57 Å². The van der Waals surface area contributed by atoms with E-state index in [1.807, 2.05) is 11.3 Å². The lowest BCUT2D eigenvalue weighted by molar-refractivity contribution is -0.673. The Hall–Kier alpha value is 0.770. The van der Waals surface area contributed by atoms with Gasteiger partial charge in [-0.1, -0.05) is 11.3 Å². The molecule has 0 fully saturated rings. The largest absolute Gasteiger partial charge is 0.550 e. The van der Waals surface area contributed by atoms with Crippen molar-refractivity contribution in [2.45, 2.75) is 39.2 Å². The molecule has 1 aromatic carbocycles. The average Bonchev–Trinajstić information content (AvgIpc) is 2.72. The van der Waals surface area contributed by atoms with Crippen LogP contribution < -0.4 is 9.67 Å². The summed E-state index contributed by atoms with van der Waals surface area (Å²) >= 11 is 9.06. The Labute approximate surface area is 168 Å². The van der Waals surface area contributed by atoms with E-state index in [1.54, 1.807) is 0 Å². The van der Waals surface area contributed by atoms with Crippen molar-refractivity contribution in [3.63, 3.8) is 0 Å². The summed E-state index contributed by atoms with van der Waals surface area (Å²) in [6, 6.07) is 2.25. The molecule has 2 aromatic rings. The third-order valence-electron chi connectivity index (χ3n) is 3.28. The minimum absolute atomic E-state index is 0.169. The number of rotatable bonds is 6. The Kier molecular flexibility index (Phi) is 6.94. The van der Waals surface area contributed by atoms with E-state index < -0.39 is 5.97 Å². The van der Waals surface area contributed by atoms with Gasteiger partial charge in [-0.05, 0) is 87.0 Å². The van der Waals surface area contributed by atoms with E-state index in [-0.39, 0.29) is 6.42 Å². The Morgan fingerprint density at radius 1 is 1.24 bits per heavy atom. The van der Waals surface area contributed by atoms with Crippen LogP contribution in [-0.4, -0.2) is 5.97 Å². The first-order valence-corrected chi connectivity index (χ1v) is 10.6. The van der Waals surface area contributed by atoms with Crippen LogP contribution in [0.3, 0.4) is 0 Å². The normalized spacial score (nSPS) is 11.2. The third kappa shape index (κ3) is 4.40. The number of carbonyl (C=O) groups excluding carboxylic acids is 1. The van der Waals surface area contributed by atoms with E-state index >= 15 is 0 Å². The van der Waals surface area contributed by atoms with Gasteiger partial charge < -0.3 is 9.90 Å². The van der Waals surface area contributed by atoms with Crippen LogP contribution in [0.1, 0.15) is 30.7 Å². The molecule has 1 heterocycles. The maximum Gasteiger partial charge on any atom is 0.235 e. The Balaban J connectivity index is 2.16. The van der Waals surface area contributed by atoms with E-state index in [4.69, 9.17) is 0 Å². The van der Waals surface area contributed by atoms with Gasteiger partial charge in [0.15, 0.2) is 0 Å². The second kappa shape index (κ2) is 8.04. The van der Waals surface area contributed by atoms with Crippen molar-refractivity contribution in [1.29, 1.82) is 0 Å². The topological polar surface area (TPSA) is 44.0 Å². The average molecular weight is 641 g/mol. The smallest absolute Gasteiger partial charge is 0.235 e. The second-order valence-corrected chi connectivity index (χ2v) is 9.31. The van der Waals surface area contributed by atoms with Gasteiger partial charge in [-0.3, -0.25) is 0 Å². The molecule has 3 nitrogen and oxygen atoms in total. The number of hydrogen-bond donors (Lipinski definition) is 0. The highest BCUT2D eigenvalue weighted by Crippen LogP contribution is 2.32. The van der Waals surface area contributed by atoms with E-state index in [0.29, 0.717) is 6.42 Å². The van der Waals surface area contributed by atoms with Gasteiger partial charge in [0.2, 0.25) is 10.5 Å². The van der Waals surface area contributed by atoms with Crippen LogP contribution in [0, 0.1) is 17.6 Å². The summed E-state index contributed by atoms with van der Waals surface area (Å²) in [5, 5.41) is 11.7. The maximum absolute atomic E-state index is 10.4. The van der Waals surface area contributed by atoms with Crippen molar-refractivity contribution in [1.82, 2.24) is 0 Å². The van der Waals surface area contributed by atoms with Crippen LogP contribution in [0.4, 0.5) is 0 Å². The summed E-state index contributed by atoms with van der Waals surface area (Å²) in [4.78, 5) is 10.4. The summed E-state index contributed by atoms with van der Waals surface area (Å²) in [5.41, 5.74) is 1.30. The van der Waals surface area contributed by atoms with Crippen molar-refractivity contribution in [2.24, 2.45) is 0 Å². The van der Waals surface area contributed by atoms with Crippen LogP contribution >= 0.6 is 79.1 Å². The molecule has 0 saturated heterocycles. The first-order chi connectivity index (χ1) is 9.91. The summed E-state index contributed by atoms with van der Waals surface area (Å²) in [6.45, 7) is 3.10. The minimum atomic E-state index is -0.946. The van der Waals surface area contributed by atoms with Gasteiger partial charge in [-0.15, -0.1) is 0 Å². The van der Waals surface area contributed by atoms with Crippen LogP contribution in [0.25, 0.3) is 10.2 Å². The fraction of sp³-hybridized carbons (Fsp3) is 0.429. The number of fused-ring (bicyclic) bond motifs is 1. The van der Waals surface area contributed by atoms with Gasteiger partial charge in [0.1, 0.15) is 11.2 Å². The van der Waals surface area contributed by atoms with Crippen LogP contribution in [-0.2, 0) is 11.3 Å². The highest BCUT2D eigenvalue weighted by atomic mass is 127. The zero-order valence-electron chi connectivity index (χ0n) is 11.4. The van der Waals surface area contributed by atoms with Gasteiger partial charge in [0.25, 0.3) is 0 Å². The molecular formula is C14H14I3NO2S. The highest BCUT2D eigenvalue weighted by molar-refractivity contribution is 14.1. The number of aliphatic carboxylic acids is 1. The van der Waals surface area contributed by atoms with Gasteiger partial charge >= 0.3 is 0 Å². The fourth-order valence-electron chi connectivity index (χ4n) is 2.23. The zero-order valence-corrected chi connectivity index (χ0v) is 18.7. The molecule has 114 valence electrons. The molecule has 2 rings (SSSR count). The van der Waals surface area contributed by atoms with Gasteiger partial charge in [0, 0.05) is 32.5 Å². The lowest BCUT2D eigenvalue weighted by Gasteiger charge is -2.02. The first-order valence-electron chi connectivity index (χ1n) is 6.58. The number of hydrogen-bond acceptors (Lipinski definition) is 3. The number of halogens is 3. The van der Waals surface area contributed by atoms with Crippen molar-refractivity contribution < 1.29 is 14.5 Å². The van der Waals surface area contributed by atoms with Crippen LogP contribution in [0.5, 0.6) is 0 Å². The number of carboxylic acids is 1. The van der Waals surface area contributed by atoms with Gasteiger partial charge in [-0.2, -0.15) is 4.57 Å². The highest BCUT2D eigenvalue weighted by Gasteiger charge is 2.21. The molecule has 1 aromatic heterocycles. The summed E-state index contributed by atoms with van der Waals surface area (Å²) in [7, 11) is 0. The first kappa shape index (κ1) is 18.1. The number of unbranched alkanes of at least 4 members (excludes halogenated alkanes) is 2. The van der Waals surface area contributed by atoms with E-state index in [0.717, 1.165) is 19.4 Å². The lowest BCUT2D eigenvalue weighted by Crippen LogP contribution is -2.35. The molecule has 0 aliphatic heterocycles. The molecule has 0 amide bonds. The molecule has 0 spiro atoms. The van der Waals surface area contributed by atoms with Gasteiger partial charge in [-0.25, -0.2) is 0 Å². The molecule has 21 heavy (non-hydrogen) atoms. The number of thiazole rings is 1. The molecule has 0 aliphatic rings. The standard InChI is InChI=1S/C14H14I3NO2S/c1-8-18(6-4-2-3-5-11(19)20)10-7-9(15)12(16)13(17)14(10)21-8/h7H,2-6H2,1H3. The minimum Gasteiger partial charge on any atom is -0.550 e. The molecular weight excluding hydrogens is 627 g/mol. The van der Waals surface area contributed by atoms with E-state index in [9.17, 15) is 9.90 Å². The molecule has 0 unspecified atom stereocenters. The predicted octanol–water partition coefficient (Wildman–Crippen LogP) is 3.62. The summed E-state index contributed by atoms with van der Waals surface area (Å²) < 4.78 is 7.66. The molecule has 0 atom stereocenters. The Bertz CT molecular complexity index is 685.